The lowest BCUT2D eigenvalue weighted by Gasteiger charge is -2.33. The van der Waals surface area contributed by atoms with Crippen molar-refractivity contribution in [3.05, 3.63) is 82.0 Å². The predicted molar refractivity (Wildman–Crippen MR) is 185 cm³/mol. The number of para-hydroxylation sites is 1. The topological polar surface area (TPSA) is 165 Å². The van der Waals surface area contributed by atoms with Crippen LogP contribution in [0.25, 0.3) is 21.3 Å². The van der Waals surface area contributed by atoms with Crippen molar-refractivity contribution in [3.63, 3.8) is 0 Å². The van der Waals surface area contributed by atoms with Crippen molar-refractivity contribution in [2.45, 2.75) is 43.7 Å². The molecule has 1 aromatic heterocycles. The van der Waals surface area contributed by atoms with E-state index in [2.05, 4.69) is 15.1 Å². The molecule has 0 bridgehead atoms. The lowest BCUT2D eigenvalue weighted by molar-refractivity contribution is -0.200. The summed E-state index contributed by atoms with van der Waals surface area (Å²) in [5.41, 5.74) is 1.60. The van der Waals surface area contributed by atoms with Gasteiger partial charge in [0, 0.05) is 49.9 Å². The van der Waals surface area contributed by atoms with E-state index in [-0.39, 0.29) is 51.9 Å². The number of hydrogen-bond acceptors (Lipinski definition) is 11. The number of carbonyl (C=O) groups is 3. The van der Waals surface area contributed by atoms with Gasteiger partial charge in [0.2, 0.25) is 5.91 Å². The monoisotopic (exact) mass is 743 g/mol. The van der Waals surface area contributed by atoms with E-state index in [1.54, 1.807) is 53.4 Å². The fourth-order valence-electron chi connectivity index (χ4n) is 6.34. The Morgan fingerprint density at radius 2 is 1.71 bits per heavy atom. The van der Waals surface area contributed by atoms with Gasteiger partial charge in [-0.25, -0.2) is 9.59 Å². The Morgan fingerprint density at radius 1 is 1.00 bits per heavy atom. The van der Waals surface area contributed by atoms with Gasteiger partial charge in [-0.05, 0) is 37.0 Å². The number of aliphatic hydroxyl groups excluding tert-OH is 1. The van der Waals surface area contributed by atoms with E-state index < -0.39 is 30.4 Å². The van der Waals surface area contributed by atoms with Gasteiger partial charge >= 0.3 is 23.1 Å². The molecule has 2 saturated heterocycles. The lowest BCUT2D eigenvalue weighted by Crippen LogP contribution is -2.46. The molecule has 2 aliphatic rings. The third kappa shape index (κ3) is 8.55. The number of aromatic amines is 1. The van der Waals surface area contributed by atoms with Crippen molar-refractivity contribution in [3.8, 4) is 16.9 Å². The maximum Gasteiger partial charge on any atom is 0.493 e. The highest BCUT2D eigenvalue weighted by atomic mass is 32.1. The second kappa shape index (κ2) is 15.7. The molecule has 2 aliphatic heterocycles. The Hall–Kier alpha value is -4.97. The molecule has 276 valence electrons. The zero-order valence-corrected chi connectivity index (χ0v) is 28.5. The highest BCUT2D eigenvalue weighted by molar-refractivity contribution is 7.16. The minimum absolute atomic E-state index is 0.0669. The molecule has 2 amide bonds. The number of anilines is 1. The van der Waals surface area contributed by atoms with Gasteiger partial charge in [-0.2, -0.15) is 13.2 Å². The SMILES string of the molecule is O=C(CN1CCC(OC(=O)N(OC(=O)C(F)(F)F)c2ccccc2-c2ccccc2)CC1)N1CC[C@@H](NC[C@@H](O)c2ccc(O)c3[nH]c(=O)sc23)C1. The summed E-state index contributed by atoms with van der Waals surface area (Å²) in [6.45, 7) is 1.99. The van der Waals surface area contributed by atoms with E-state index in [4.69, 9.17) is 4.74 Å². The molecule has 52 heavy (non-hydrogen) atoms. The Morgan fingerprint density at radius 3 is 2.44 bits per heavy atom. The molecule has 4 N–H and O–H groups in total. The number of likely N-dealkylation sites (tertiary alicyclic amines) is 2. The van der Waals surface area contributed by atoms with Crippen LogP contribution in [0, 0.1) is 0 Å². The lowest BCUT2D eigenvalue weighted by atomic mass is 10.0. The van der Waals surface area contributed by atoms with Gasteiger partial charge in [-0.3, -0.25) is 14.5 Å². The van der Waals surface area contributed by atoms with E-state index in [1.165, 1.54) is 18.2 Å². The fraction of sp³-hybridized carbons (Fsp3) is 0.371. The third-order valence-corrected chi connectivity index (χ3v) is 9.96. The Balaban J connectivity index is 0.997. The maximum atomic E-state index is 13.3. The Kier molecular flexibility index (Phi) is 11.1. The summed E-state index contributed by atoms with van der Waals surface area (Å²) in [5, 5.41) is 24.4. The van der Waals surface area contributed by atoms with Gasteiger partial charge in [0.25, 0.3) is 0 Å². The van der Waals surface area contributed by atoms with E-state index in [0.29, 0.717) is 66.8 Å². The summed E-state index contributed by atoms with van der Waals surface area (Å²) in [6.07, 6.45) is -7.04. The molecule has 0 radical (unpaired) electrons. The van der Waals surface area contributed by atoms with Gasteiger partial charge in [0.05, 0.1) is 23.0 Å². The van der Waals surface area contributed by atoms with E-state index in [0.717, 1.165) is 11.3 Å². The van der Waals surface area contributed by atoms with Crippen LogP contribution in [-0.2, 0) is 19.2 Å². The number of H-pyrrole nitrogens is 1. The van der Waals surface area contributed by atoms with Gasteiger partial charge in [0.1, 0.15) is 17.4 Å². The number of benzene rings is 3. The summed E-state index contributed by atoms with van der Waals surface area (Å²) >= 11 is 0.907. The van der Waals surface area contributed by atoms with E-state index in [9.17, 15) is 42.6 Å². The van der Waals surface area contributed by atoms with Crippen molar-refractivity contribution < 1.29 is 47.3 Å². The zero-order chi connectivity index (χ0) is 37.0. The minimum atomic E-state index is -5.36. The molecular weight excluding hydrogens is 707 g/mol. The molecule has 3 aromatic carbocycles. The number of nitrogens with zero attached hydrogens (tertiary/aromatic N) is 3. The summed E-state index contributed by atoms with van der Waals surface area (Å²) in [5.74, 6) is -2.75. The number of rotatable bonds is 9. The fourth-order valence-corrected chi connectivity index (χ4v) is 7.26. The second-order valence-corrected chi connectivity index (χ2v) is 13.5. The van der Waals surface area contributed by atoms with Crippen LogP contribution in [0.5, 0.6) is 5.75 Å². The largest absolute Gasteiger partial charge is 0.506 e. The second-order valence-electron chi connectivity index (χ2n) is 12.6. The predicted octanol–water partition coefficient (Wildman–Crippen LogP) is 4.31. The molecule has 17 heteroatoms. The summed E-state index contributed by atoms with van der Waals surface area (Å²) < 4.78 is 45.7. The van der Waals surface area contributed by atoms with Crippen LogP contribution in [0.15, 0.2) is 71.5 Å². The van der Waals surface area contributed by atoms with Crippen molar-refractivity contribution in [2.75, 3.05) is 44.3 Å². The molecule has 13 nitrogen and oxygen atoms in total. The Bertz CT molecular complexity index is 1970. The molecule has 0 saturated carbocycles. The number of hydrogen-bond donors (Lipinski definition) is 4. The van der Waals surface area contributed by atoms with Crippen LogP contribution in [0.2, 0.25) is 0 Å². The number of aromatic nitrogens is 1. The minimum Gasteiger partial charge on any atom is -0.506 e. The number of carbonyl (C=O) groups excluding carboxylic acids is 3. The van der Waals surface area contributed by atoms with Crippen molar-refractivity contribution >= 4 is 45.2 Å². The molecule has 0 aliphatic carbocycles. The first-order valence-corrected chi connectivity index (χ1v) is 17.4. The molecule has 4 aromatic rings. The highest BCUT2D eigenvalue weighted by Gasteiger charge is 2.44. The Labute approximate surface area is 299 Å². The average Bonchev–Trinajstić information content (AvgIpc) is 3.78. The summed E-state index contributed by atoms with van der Waals surface area (Å²) in [4.78, 5) is 60.6. The molecular formula is C35H36F3N5O8S. The van der Waals surface area contributed by atoms with E-state index in [1.807, 2.05) is 4.90 Å². The number of amides is 2. The standard InChI is InChI=1S/C35H36F3N5O8S/c36-35(37,38)32(47)51-43(26-9-5-4-8-24(26)21-6-2-1-3-7-21)34(49)50-23-13-15-41(16-14-23)20-29(46)42-17-12-22(19-42)39-18-28(45)25-10-11-27(44)30-31(25)52-33(48)40-30/h1-11,22-23,28,39,44-45H,12-20H2,(H,40,48)/t22-,28-/m1/s1. The van der Waals surface area contributed by atoms with Gasteiger partial charge in [-0.15, -0.1) is 5.06 Å². The number of alkyl halides is 3. The first-order chi connectivity index (χ1) is 24.9. The quantitative estimate of drug-likeness (QED) is 0.182. The van der Waals surface area contributed by atoms with Gasteiger partial charge < -0.3 is 35.0 Å². The number of hydroxylamine groups is 1. The number of nitrogens with one attached hydrogen (secondary N) is 2. The maximum absolute atomic E-state index is 13.3. The van der Waals surface area contributed by atoms with Gasteiger partial charge in [0.15, 0.2) is 0 Å². The van der Waals surface area contributed by atoms with Gasteiger partial charge in [-0.1, -0.05) is 65.9 Å². The van der Waals surface area contributed by atoms with Crippen LogP contribution in [0.4, 0.5) is 23.7 Å². The summed E-state index contributed by atoms with van der Waals surface area (Å²) in [6, 6.07) is 17.6. The molecule has 0 unspecified atom stereocenters. The average molecular weight is 744 g/mol. The number of phenolic OH excluding ortho intramolecular Hbond substituents is 1. The summed E-state index contributed by atoms with van der Waals surface area (Å²) in [7, 11) is 0. The number of halogens is 3. The molecule has 2 fully saturated rings. The molecule has 3 heterocycles. The van der Waals surface area contributed by atoms with E-state index >= 15 is 0 Å². The van der Waals surface area contributed by atoms with Crippen LogP contribution in [0.3, 0.4) is 0 Å². The smallest absolute Gasteiger partial charge is 0.493 e. The number of aromatic hydroxyl groups is 1. The van der Waals surface area contributed by atoms with Crippen LogP contribution in [-0.4, -0.2) is 101 Å². The number of piperidine rings is 1. The number of thiazole rings is 1. The number of ether oxygens (including phenoxy) is 1. The first-order valence-electron chi connectivity index (χ1n) is 16.6. The van der Waals surface area contributed by atoms with Crippen molar-refractivity contribution in [1.82, 2.24) is 20.1 Å². The van der Waals surface area contributed by atoms with Crippen LogP contribution in [0.1, 0.15) is 30.9 Å². The number of fused-ring (bicyclic) bond motifs is 1. The normalized spacial score (nSPS) is 17.6. The van der Waals surface area contributed by atoms with Crippen LogP contribution >= 0.6 is 11.3 Å². The zero-order valence-electron chi connectivity index (χ0n) is 27.7. The van der Waals surface area contributed by atoms with Crippen molar-refractivity contribution in [1.29, 1.82) is 0 Å². The number of aliphatic hydroxyl groups is 1. The first kappa shape index (κ1) is 36.8. The molecule has 0 spiro atoms. The van der Waals surface area contributed by atoms with Crippen LogP contribution < -0.4 is 15.3 Å². The third-order valence-electron chi connectivity index (χ3n) is 9.03. The van der Waals surface area contributed by atoms with Crippen molar-refractivity contribution in [2.24, 2.45) is 0 Å². The molecule has 2 atom stereocenters. The number of phenols is 1. The highest BCUT2D eigenvalue weighted by Crippen LogP contribution is 2.34. The molecule has 6 rings (SSSR count).